The van der Waals surface area contributed by atoms with Crippen LogP contribution < -0.4 is 10.2 Å². The van der Waals surface area contributed by atoms with E-state index in [9.17, 15) is 4.79 Å². The molecular weight excluding hydrogens is 334 g/mol. The molecule has 1 N–H and O–H groups in total. The molecule has 3 rings (SSSR count). The van der Waals surface area contributed by atoms with Gasteiger partial charge in [-0.25, -0.2) is 0 Å². The summed E-state index contributed by atoms with van der Waals surface area (Å²) in [6, 6.07) is 19.0. The number of carbonyl (C=O) groups is 1. The zero-order chi connectivity index (χ0) is 19.1. The van der Waals surface area contributed by atoms with Crippen LogP contribution in [0.3, 0.4) is 0 Å². The predicted octanol–water partition coefficient (Wildman–Crippen LogP) is 3.43. The Morgan fingerprint density at radius 1 is 1.00 bits per heavy atom. The first-order valence-corrected chi connectivity index (χ1v) is 10.0. The topological polar surface area (TPSA) is 35.6 Å². The van der Waals surface area contributed by atoms with E-state index in [2.05, 4.69) is 77.5 Å². The lowest BCUT2D eigenvalue weighted by atomic mass is 9.96. The molecule has 1 fully saturated rings. The van der Waals surface area contributed by atoms with Gasteiger partial charge in [0.1, 0.15) is 0 Å². The third-order valence-electron chi connectivity index (χ3n) is 5.51. The summed E-state index contributed by atoms with van der Waals surface area (Å²) < 4.78 is 0. The van der Waals surface area contributed by atoms with Crippen LogP contribution in [0.5, 0.6) is 0 Å². The van der Waals surface area contributed by atoms with Crippen LogP contribution in [0.25, 0.3) is 0 Å². The predicted molar refractivity (Wildman–Crippen MR) is 112 cm³/mol. The molecule has 4 nitrogen and oxygen atoms in total. The van der Waals surface area contributed by atoms with Crippen molar-refractivity contribution in [1.29, 1.82) is 0 Å². The maximum Gasteiger partial charge on any atom is 0.234 e. The molecule has 0 spiro atoms. The number of piperazine rings is 1. The van der Waals surface area contributed by atoms with E-state index in [0.717, 1.165) is 32.6 Å². The molecule has 2 aromatic rings. The molecule has 1 aliphatic rings. The van der Waals surface area contributed by atoms with Gasteiger partial charge in [0.15, 0.2) is 0 Å². The minimum Gasteiger partial charge on any atom is -0.369 e. The number of para-hydroxylation sites is 1. The number of amides is 1. The Kier molecular flexibility index (Phi) is 6.88. The van der Waals surface area contributed by atoms with Gasteiger partial charge in [0.2, 0.25) is 5.91 Å². The van der Waals surface area contributed by atoms with Crippen molar-refractivity contribution < 1.29 is 4.79 Å². The van der Waals surface area contributed by atoms with Crippen LogP contribution in [-0.4, -0.2) is 50.1 Å². The maximum atomic E-state index is 12.4. The average Bonchev–Trinajstić information content (AvgIpc) is 2.70. The van der Waals surface area contributed by atoms with E-state index in [1.54, 1.807) is 0 Å². The molecule has 144 valence electrons. The smallest absolute Gasteiger partial charge is 0.234 e. The van der Waals surface area contributed by atoms with Crippen molar-refractivity contribution in [3.63, 3.8) is 0 Å². The minimum absolute atomic E-state index is 0.133. The largest absolute Gasteiger partial charge is 0.369 e. The SMILES string of the molecule is CCC(CNC(=O)CN1CCN(c2ccccc2C)CC1)c1ccccc1. The van der Waals surface area contributed by atoms with Crippen molar-refractivity contribution in [3.8, 4) is 0 Å². The Labute approximate surface area is 163 Å². The zero-order valence-electron chi connectivity index (χ0n) is 16.5. The highest BCUT2D eigenvalue weighted by Crippen LogP contribution is 2.21. The van der Waals surface area contributed by atoms with Crippen molar-refractivity contribution in [2.24, 2.45) is 0 Å². The minimum atomic E-state index is 0.133. The summed E-state index contributed by atoms with van der Waals surface area (Å²) in [5.41, 5.74) is 3.93. The number of rotatable bonds is 7. The maximum absolute atomic E-state index is 12.4. The van der Waals surface area contributed by atoms with Gasteiger partial charge in [0, 0.05) is 44.3 Å². The van der Waals surface area contributed by atoms with Gasteiger partial charge in [0.05, 0.1) is 6.54 Å². The van der Waals surface area contributed by atoms with E-state index in [1.807, 2.05) is 6.07 Å². The second-order valence-electron chi connectivity index (χ2n) is 7.37. The average molecular weight is 366 g/mol. The summed E-state index contributed by atoms with van der Waals surface area (Å²) in [6.45, 7) is 9.34. The molecule has 1 saturated heterocycles. The fourth-order valence-electron chi connectivity index (χ4n) is 3.78. The molecule has 1 amide bonds. The summed E-state index contributed by atoms with van der Waals surface area (Å²) in [4.78, 5) is 17.1. The summed E-state index contributed by atoms with van der Waals surface area (Å²) in [6.07, 6.45) is 1.03. The molecule has 1 atom stereocenters. The second kappa shape index (κ2) is 9.56. The van der Waals surface area contributed by atoms with Crippen molar-refractivity contribution >= 4 is 11.6 Å². The van der Waals surface area contributed by atoms with E-state index >= 15 is 0 Å². The summed E-state index contributed by atoms with van der Waals surface area (Å²) >= 11 is 0. The number of aryl methyl sites for hydroxylation is 1. The lowest BCUT2D eigenvalue weighted by molar-refractivity contribution is -0.122. The van der Waals surface area contributed by atoms with E-state index < -0.39 is 0 Å². The van der Waals surface area contributed by atoms with Crippen LogP contribution in [0.15, 0.2) is 54.6 Å². The molecule has 2 aromatic carbocycles. The standard InChI is InChI=1S/C23H31N3O/c1-3-20(21-10-5-4-6-11-21)17-24-23(27)18-25-13-15-26(16-14-25)22-12-8-7-9-19(22)2/h4-12,20H,3,13-18H2,1-2H3,(H,24,27). The highest BCUT2D eigenvalue weighted by Gasteiger charge is 2.20. The van der Waals surface area contributed by atoms with Crippen molar-refractivity contribution in [2.75, 3.05) is 44.2 Å². The van der Waals surface area contributed by atoms with Crippen LogP contribution >= 0.6 is 0 Å². The molecule has 0 radical (unpaired) electrons. The van der Waals surface area contributed by atoms with E-state index in [1.165, 1.54) is 16.8 Å². The zero-order valence-corrected chi connectivity index (χ0v) is 16.5. The van der Waals surface area contributed by atoms with Gasteiger partial charge in [-0.3, -0.25) is 9.69 Å². The number of hydrogen-bond acceptors (Lipinski definition) is 3. The third-order valence-corrected chi connectivity index (χ3v) is 5.51. The molecule has 1 heterocycles. The lowest BCUT2D eigenvalue weighted by Gasteiger charge is -2.36. The monoisotopic (exact) mass is 365 g/mol. The van der Waals surface area contributed by atoms with Gasteiger partial charge in [-0.2, -0.15) is 0 Å². The summed E-state index contributed by atoms with van der Waals surface area (Å²) in [5, 5.41) is 3.14. The van der Waals surface area contributed by atoms with Gasteiger partial charge in [-0.1, -0.05) is 55.5 Å². The summed E-state index contributed by atoms with van der Waals surface area (Å²) in [7, 11) is 0. The van der Waals surface area contributed by atoms with E-state index in [4.69, 9.17) is 0 Å². The molecule has 0 aromatic heterocycles. The fourth-order valence-corrected chi connectivity index (χ4v) is 3.78. The van der Waals surface area contributed by atoms with Crippen LogP contribution in [0, 0.1) is 6.92 Å². The van der Waals surface area contributed by atoms with Gasteiger partial charge in [0.25, 0.3) is 0 Å². The van der Waals surface area contributed by atoms with Gasteiger partial charge < -0.3 is 10.2 Å². The molecule has 27 heavy (non-hydrogen) atoms. The number of carbonyl (C=O) groups excluding carboxylic acids is 1. The van der Waals surface area contributed by atoms with Crippen molar-refractivity contribution in [2.45, 2.75) is 26.2 Å². The lowest BCUT2D eigenvalue weighted by Crippen LogP contribution is -2.50. The highest BCUT2D eigenvalue weighted by atomic mass is 16.2. The third kappa shape index (κ3) is 5.33. The Morgan fingerprint density at radius 3 is 2.33 bits per heavy atom. The molecule has 0 aliphatic carbocycles. The Morgan fingerprint density at radius 2 is 1.67 bits per heavy atom. The number of anilines is 1. The molecule has 1 aliphatic heterocycles. The van der Waals surface area contributed by atoms with Gasteiger partial charge >= 0.3 is 0 Å². The first-order chi connectivity index (χ1) is 13.2. The Bertz CT molecular complexity index is 723. The first-order valence-electron chi connectivity index (χ1n) is 10.0. The normalized spacial score (nSPS) is 16.1. The number of nitrogens with one attached hydrogen (secondary N) is 1. The van der Waals surface area contributed by atoms with Gasteiger partial charge in [-0.15, -0.1) is 0 Å². The number of hydrogen-bond donors (Lipinski definition) is 1. The van der Waals surface area contributed by atoms with Crippen LogP contribution in [-0.2, 0) is 4.79 Å². The Hall–Kier alpha value is -2.33. The molecule has 0 saturated carbocycles. The van der Waals surface area contributed by atoms with Gasteiger partial charge in [-0.05, 0) is 30.5 Å². The first kappa shape index (κ1) is 19.4. The Balaban J connectivity index is 1.43. The van der Waals surface area contributed by atoms with Crippen LogP contribution in [0.1, 0.15) is 30.4 Å². The second-order valence-corrected chi connectivity index (χ2v) is 7.37. The fraction of sp³-hybridized carbons (Fsp3) is 0.435. The summed E-state index contributed by atoms with van der Waals surface area (Å²) in [5.74, 6) is 0.516. The molecule has 1 unspecified atom stereocenters. The van der Waals surface area contributed by atoms with Crippen molar-refractivity contribution in [3.05, 3.63) is 65.7 Å². The molecular formula is C23H31N3O. The van der Waals surface area contributed by atoms with Crippen LogP contribution in [0.2, 0.25) is 0 Å². The van der Waals surface area contributed by atoms with E-state index in [-0.39, 0.29) is 5.91 Å². The van der Waals surface area contributed by atoms with Crippen LogP contribution in [0.4, 0.5) is 5.69 Å². The number of nitrogens with zero attached hydrogens (tertiary/aromatic N) is 2. The van der Waals surface area contributed by atoms with Crippen molar-refractivity contribution in [1.82, 2.24) is 10.2 Å². The molecule has 4 heteroatoms. The molecule has 0 bridgehead atoms. The quantitative estimate of drug-likeness (QED) is 0.817. The highest BCUT2D eigenvalue weighted by molar-refractivity contribution is 5.78. The van der Waals surface area contributed by atoms with E-state index in [0.29, 0.717) is 19.0 Å². The number of benzene rings is 2.